The molecule has 2 aromatic rings. The number of carbonyl (C=O) groups is 3. The van der Waals surface area contributed by atoms with Gasteiger partial charge in [0.15, 0.2) is 11.5 Å². The molecule has 42 heavy (non-hydrogen) atoms. The highest BCUT2D eigenvalue weighted by molar-refractivity contribution is 6.00. The number of hydrogen-bond donors (Lipinski definition) is 3. The predicted octanol–water partition coefficient (Wildman–Crippen LogP) is 3.08. The molecule has 0 fully saturated rings. The van der Waals surface area contributed by atoms with Crippen LogP contribution in [0.3, 0.4) is 0 Å². The number of nitrogens with zero attached hydrogens (tertiary/aromatic N) is 3. The van der Waals surface area contributed by atoms with Gasteiger partial charge in [0.2, 0.25) is 12.7 Å². The van der Waals surface area contributed by atoms with Crippen LogP contribution in [0.25, 0.3) is 0 Å². The Hall–Kier alpha value is -4.03. The summed E-state index contributed by atoms with van der Waals surface area (Å²) in [5.74, 6) is 0.929. The van der Waals surface area contributed by atoms with Gasteiger partial charge in [-0.2, -0.15) is 0 Å². The minimum absolute atomic E-state index is 0.141. The van der Waals surface area contributed by atoms with Crippen molar-refractivity contribution in [1.29, 1.82) is 0 Å². The lowest BCUT2D eigenvalue weighted by Gasteiger charge is -2.38. The van der Waals surface area contributed by atoms with Crippen LogP contribution in [0.4, 0.5) is 16.2 Å². The van der Waals surface area contributed by atoms with Crippen LogP contribution in [0.5, 0.6) is 17.2 Å². The molecule has 12 nitrogen and oxygen atoms in total. The summed E-state index contributed by atoms with van der Waals surface area (Å²) in [5.41, 5.74) is 1.34. The zero-order valence-electron chi connectivity index (χ0n) is 24.9. The zero-order valence-corrected chi connectivity index (χ0v) is 24.9. The maximum absolute atomic E-state index is 13.7. The molecule has 2 heterocycles. The van der Waals surface area contributed by atoms with Crippen LogP contribution in [-0.2, 0) is 4.79 Å². The van der Waals surface area contributed by atoms with E-state index in [1.54, 1.807) is 55.3 Å². The molecule has 3 atom stereocenters. The van der Waals surface area contributed by atoms with E-state index in [-0.39, 0.29) is 49.3 Å². The van der Waals surface area contributed by atoms with Gasteiger partial charge in [0, 0.05) is 43.4 Å². The molecular formula is C30H41N5O7. The fraction of sp³-hybridized carbons (Fsp3) is 0.500. The first-order valence-corrected chi connectivity index (χ1v) is 14.1. The molecule has 12 heteroatoms. The van der Waals surface area contributed by atoms with Gasteiger partial charge in [0.1, 0.15) is 11.9 Å². The van der Waals surface area contributed by atoms with Crippen LogP contribution < -0.4 is 24.8 Å². The van der Waals surface area contributed by atoms with Crippen LogP contribution >= 0.6 is 0 Å². The van der Waals surface area contributed by atoms with Gasteiger partial charge in [0.25, 0.3) is 5.91 Å². The second-order valence-electron chi connectivity index (χ2n) is 11.2. The van der Waals surface area contributed by atoms with Gasteiger partial charge in [-0.05, 0) is 64.3 Å². The van der Waals surface area contributed by atoms with E-state index in [0.717, 1.165) is 6.54 Å². The third-order valence-electron chi connectivity index (χ3n) is 7.38. The number of amides is 4. The molecule has 2 aromatic carbocycles. The molecule has 4 amide bonds. The Morgan fingerprint density at radius 3 is 2.45 bits per heavy atom. The lowest BCUT2D eigenvalue weighted by Crippen LogP contribution is -2.50. The Kier molecular flexibility index (Phi) is 10.1. The average molecular weight is 584 g/mol. The Morgan fingerprint density at radius 2 is 1.74 bits per heavy atom. The van der Waals surface area contributed by atoms with E-state index in [1.807, 2.05) is 25.9 Å². The topological polar surface area (TPSA) is 133 Å². The van der Waals surface area contributed by atoms with Crippen LogP contribution in [0.2, 0.25) is 0 Å². The molecule has 0 aliphatic carbocycles. The number of hydrogen-bond acceptors (Lipinski definition) is 8. The van der Waals surface area contributed by atoms with Gasteiger partial charge in [-0.15, -0.1) is 0 Å². The molecule has 4 rings (SSSR count). The second-order valence-corrected chi connectivity index (χ2v) is 11.2. The zero-order chi connectivity index (χ0) is 30.4. The van der Waals surface area contributed by atoms with Crippen molar-refractivity contribution in [1.82, 2.24) is 14.7 Å². The standard InChI is InChI=1S/C30H41N5O7/c1-19-15-35(20(2)17-36)29(38)23-13-21(31-28(37)7-6-12-33(3)4)8-10-24(23)42-27(19)16-34(5)30(39)32-22-9-11-25-26(14-22)41-18-40-25/h8-11,13-14,19-20,27,36H,6-7,12,15-18H2,1-5H3,(H,31,37)(H,32,39)/t19-,20+,27+/m0/s1. The molecule has 0 bridgehead atoms. The highest BCUT2D eigenvalue weighted by Gasteiger charge is 2.34. The normalized spacial score (nSPS) is 18.5. The summed E-state index contributed by atoms with van der Waals surface area (Å²) in [6.07, 6.45) is 0.598. The molecule has 0 spiro atoms. The predicted molar refractivity (Wildman–Crippen MR) is 158 cm³/mol. The summed E-state index contributed by atoms with van der Waals surface area (Å²) in [6.45, 7) is 5.00. The van der Waals surface area contributed by atoms with Crippen molar-refractivity contribution in [3.05, 3.63) is 42.0 Å². The lowest BCUT2D eigenvalue weighted by molar-refractivity contribution is -0.116. The SMILES string of the molecule is C[C@H](CO)N1C[C@H](C)[C@@H](CN(C)C(=O)Nc2ccc3c(c2)OCO3)Oc2ccc(NC(=O)CCCN(C)C)cc2C1=O. The molecular weight excluding hydrogens is 542 g/mol. The van der Waals surface area contributed by atoms with Gasteiger partial charge >= 0.3 is 6.03 Å². The number of anilines is 2. The maximum atomic E-state index is 13.7. The van der Waals surface area contributed by atoms with Gasteiger partial charge < -0.3 is 44.7 Å². The summed E-state index contributed by atoms with van der Waals surface area (Å²) in [6, 6.07) is 9.39. The Morgan fingerprint density at radius 1 is 1.05 bits per heavy atom. The molecule has 3 N–H and O–H groups in total. The highest BCUT2D eigenvalue weighted by Crippen LogP contribution is 2.34. The molecule has 0 radical (unpaired) electrons. The van der Waals surface area contributed by atoms with E-state index in [1.165, 1.54) is 4.90 Å². The molecule has 0 saturated heterocycles. The van der Waals surface area contributed by atoms with Gasteiger partial charge in [-0.1, -0.05) is 6.92 Å². The third-order valence-corrected chi connectivity index (χ3v) is 7.38. The first kappa shape index (κ1) is 30.9. The van der Waals surface area contributed by atoms with Gasteiger partial charge in [-0.3, -0.25) is 9.59 Å². The van der Waals surface area contributed by atoms with Crippen molar-refractivity contribution >= 4 is 29.2 Å². The van der Waals surface area contributed by atoms with Crippen LogP contribution in [-0.4, -0.2) is 104 Å². The number of likely N-dealkylation sites (N-methyl/N-ethyl adjacent to an activating group) is 1. The largest absolute Gasteiger partial charge is 0.487 e. The number of aliphatic hydroxyl groups excluding tert-OH is 1. The molecule has 0 saturated carbocycles. The van der Waals surface area contributed by atoms with Crippen LogP contribution in [0.15, 0.2) is 36.4 Å². The minimum Gasteiger partial charge on any atom is -0.487 e. The number of benzene rings is 2. The van der Waals surface area contributed by atoms with E-state index in [4.69, 9.17) is 14.2 Å². The van der Waals surface area contributed by atoms with E-state index >= 15 is 0 Å². The summed E-state index contributed by atoms with van der Waals surface area (Å²) in [7, 11) is 5.58. The number of nitrogens with one attached hydrogen (secondary N) is 2. The first-order chi connectivity index (χ1) is 20.0. The quantitative estimate of drug-likeness (QED) is 0.389. The van der Waals surface area contributed by atoms with E-state index in [0.29, 0.717) is 48.0 Å². The Bertz CT molecular complexity index is 1290. The number of rotatable bonds is 10. The van der Waals surface area contributed by atoms with E-state index in [2.05, 4.69) is 10.6 Å². The average Bonchev–Trinajstić information content (AvgIpc) is 3.42. The van der Waals surface area contributed by atoms with Gasteiger partial charge in [0.05, 0.1) is 24.8 Å². The van der Waals surface area contributed by atoms with Crippen molar-refractivity contribution in [2.75, 3.05) is 64.8 Å². The fourth-order valence-electron chi connectivity index (χ4n) is 4.84. The minimum atomic E-state index is -0.468. The van der Waals surface area contributed by atoms with Crippen LogP contribution in [0, 0.1) is 5.92 Å². The molecule has 228 valence electrons. The number of aliphatic hydroxyl groups is 1. The second kappa shape index (κ2) is 13.8. The van der Waals surface area contributed by atoms with Crippen LogP contribution in [0.1, 0.15) is 37.0 Å². The third kappa shape index (κ3) is 7.62. The molecule has 2 aliphatic heterocycles. The number of urea groups is 1. The summed E-state index contributed by atoms with van der Waals surface area (Å²) >= 11 is 0. The first-order valence-electron chi connectivity index (χ1n) is 14.1. The van der Waals surface area contributed by atoms with Crippen molar-refractivity contribution in [3.63, 3.8) is 0 Å². The lowest BCUT2D eigenvalue weighted by atomic mass is 9.99. The van der Waals surface area contributed by atoms with Gasteiger partial charge in [-0.25, -0.2) is 4.79 Å². The summed E-state index contributed by atoms with van der Waals surface area (Å²) in [4.78, 5) is 44.4. The van der Waals surface area contributed by atoms with E-state index in [9.17, 15) is 19.5 Å². The van der Waals surface area contributed by atoms with Crippen molar-refractivity contribution < 1.29 is 33.7 Å². The van der Waals surface area contributed by atoms with E-state index < -0.39 is 12.1 Å². The fourth-order valence-corrected chi connectivity index (χ4v) is 4.84. The molecule has 0 unspecified atom stereocenters. The number of fused-ring (bicyclic) bond motifs is 2. The maximum Gasteiger partial charge on any atom is 0.321 e. The van der Waals surface area contributed by atoms with Crippen molar-refractivity contribution in [3.8, 4) is 17.2 Å². The molecule has 0 aromatic heterocycles. The molecule has 2 aliphatic rings. The van der Waals surface area contributed by atoms with Crippen molar-refractivity contribution in [2.45, 2.75) is 38.8 Å². The summed E-state index contributed by atoms with van der Waals surface area (Å²) < 4.78 is 17.1. The highest BCUT2D eigenvalue weighted by atomic mass is 16.7. The monoisotopic (exact) mass is 583 g/mol. The Balaban J connectivity index is 1.50. The number of carbonyl (C=O) groups excluding carboxylic acids is 3. The van der Waals surface area contributed by atoms with Crippen molar-refractivity contribution in [2.24, 2.45) is 5.92 Å². The summed E-state index contributed by atoms with van der Waals surface area (Å²) in [5, 5.41) is 15.7. The number of ether oxygens (including phenoxy) is 3. The Labute approximate surface area is 246 Å². The smallest absolute Gasteiger partial charge is 0.321 e.